The zero-order valence-corrected chi connectivity index (χ0v) is 12.6. The van der Waals surface area contributed by atoms with E-state index in [4.69, 9.17) is 28.1 Å². The van der Waals surface area contributed by atoms with Crippen molar-refractivity contribution in [3.8, 4) is 11.5 Å². The molecule has 2 heterocycles. The van der Waals surface area contributed by atoms with Crippen LogP contribution in [-0.4, -0.2) is 42.3 Å². The number of carbonyl (C=O) groups is 2. The number of aromatic hydroxyl groups is 2. The predicted molar refractivity (Wildman–Crippen MR) is 66.4 cm³/mol. The Balaban J connectivity index is 0.000000360. The van der Waals surface area contributed by atoms with Crippen molar-refractivity contribution in [1.82, 2.24) is 9.97 Å². The summed E-state index contributed by atoms with van der Waals surface area (Å²) in [5.41, 5.74) is -0.634. The molecule has 0 fully saturated rings. The summed E-state index contributed by atoms with van der Waals surface area (Å²) >= 11 is -1.81. The van der Waals surface area contributed by atoms with E-state index in [1.165, 1.54) is 36.7 Å². The molecular weight excluding hydrogens is 351 g/mol. The summed E-state index contributed by atoms with van der Waals surface area (Å²) in [7, 11) is 0. The van der Waals surface area contributed by atoms with Gasteiger partial charge in [-0.05, 0) is 24.3 Å². The molecule has 0 unspecified atom stereocenters. The molecule has 4 N–H and O–H groups in total. The van der Waals surface area contributed by atoms with Crippen LogP contribution in [0.4, 0.5) is 0 Å². The summed E-state index contributed by atoms with van der Waals surface area (Å²) in [4.78, 5) is 27.3. The first-order chi connectivity index (χ1) is 10.8. The van der Waals surface area contributed by atoms with E-state index in [9.17, 15) is 9.59 Å². The van der Waals surface area contributed by atoms with Crippen molar-refractivity contribution in [3.63, 3.8) is 0 Å². The van der Waals surface area contributed by atoms with Gasteiger partial charge in [0, 0.05) is 12.4 Å². The summed E-state index contributed by atoms with van der Waals surface area (Å²) in [6.07, 6.45) is 2.62. The second kappa shape index (κ2) is 10.8. The number of aromatic carboxylic acids is 2. The van der Waals surface area contributed by atoms with Crippen LogP contribution in [0, 0.1) is 0 Å². The molecule has 0 bridgehead atoms. The second-order valence-electron chi connectivity index (χ2n) is 3.43. The third kappa shape index (κ3) is 7.67. The Kier molecular flexibility index (Phi) is 9.52. The monoisotopic (exact) mass is 361 g/mol. The fourth-order valence-corrected chi connectivity index (χ4v) is 1.12. The van der Waals surface area contributed by atoms with E-state index < -0.39 is 28.5 Å². The molecule has 0 saturated heterocycles. The maximum atomic E-state index is 10.2. The third-order valence-electron chi connectivity index (χ3n) is 1.98. The molecule has 0 amide bonds. The van der Waals surface area contributed by atoms with Crippen LogP contribution in [0.1, 0.15) is 21.0 Å². The number of nitrogens with zero attached hydrogens (tertiary/aromatic N) is 2. The predicted octanol–water partition coefficient (Wildman–Crippen LogP) is -0.340. The molecule has 2 aromatic heterocycles. The van der Waals surface area contributed by atoms with E-state index in [0.29, 0.717) is 0 Å². The van der Waals surface area contributed by atoms with Crippen molar-refractivity contribution in [3.05, 3.63) is 48.0 Å². The van der Waals surface area contributed by atoms with E-state index in [-0.39, 0.29) is 22.9 Å². The van der Waals surface area contributed by atoms with E-state index in [1.807, 2.05) is 0 Å². The van der Waals surface area contributed by atoms with Crippen LogP contribution in [0.2, 0.25) is 0 Å². The van der Waals surface area contributed by atoms with Gasteiger partial charge in [-0.1, -0.05) is 0 Å². The molecular formula is C12H10N2O8V-. The van der Waals surface area contributed by atoms with E-state index in [1.54, 1.807) is 0 Å². The fourth-order valence-electron chi connectivity index (χ4n) is 1.12. The molecule has 0 aromatic carbocycles. The van der Waals surface area contributed by atoms with Gasteiger partial charge in [0.05, 0.1) is 0 Å². The van der Waals surface area contributed by atoms with Gasteiger partial charge in [0.2, 0.25) is 0 Å². The molecule has 0 atom stereocenters. The normalized spacial score (nSPS) is 8.57. The zero-order chi connectivity index (χ0) is 17.8. The van der Waals surface area contributed by atoms with Crippen LogP contribution in [0.25, 0.3) is 0 Å². The van der Waals surface area contributed by atoms with Gasteiger partial charge in [-0.15, -0.1) is 0 Å². The summed E-state index contributed by atoms with van der Waals surface area (Å²) in [6.45, 7) is 0. The SMILES string of the molecule is O=C(O)c1ncccc1O.O=C(O)c1ncccc1O.[O]=[V][O-]. The minimum atomic E-state index is -1.81. The Labute approximate surface area is 136 Å². The summed E-state index contributed by atoms with van der Waals surface area (Å²) in [5, 5.41) is 34.4. The minimum absolute atomic E-state index is 0.310. The second-order valence-corrected chi connectivity index (χ2v) is 3.66. The molecule has 0 saturated carbocycles. The molecule has 23 heavy (non-hydrogen) atoms. The molecule has 10 nitrogen and oxygen atoms in total. The van der Waals surface area contributed by atoms with Crippen molar-refractivity contribution in [2.75, 3.05) is 0 Å². The standard InChI is InChI=1S/2C6H5NO3.2O.V/c2*8-4-2-1-3-7-5(4)6(9)10;;;/h2*1-3,8H,(H,9,10);;;/q;;;-1;. The van der Waals surface area contributed by atoms with Gasteiger partial charge < -0.3 is 20.4 Å². The number of rotatable bonds is 2. The van der Waals surface area contributed by atoms with Gasteiger partial charge in [-0.3, -0.25) is 0 Å². The summed E-state index contributed by atoms with van der Waals surface area (Å²) < 4.78 is 16.9. The topological polar surface area (TPSA) is 181 Å². The van der Waals surface area contributed by atoms with Gasteiger partial charge in [0.1, 0.15) is 11.5 Å². The number of aromatic nitrogens is 2. The molecule has 0 radical (unpaired) electrons. The quantitative estimate of drug-likeness (QED) is 0.552. The van der Waals surface area contributed by atoms with E-state index >= 15 is 0 Å². The van der Waals surface area contributed by atoms with Gasteiger partial charge >= 0.3 is 36.2 Å². The number of carboxylic acid groups (broad SMARTS) is 2. The van der Waals surface area contributed by atoms with E-state index in [2.05, 4.69) is 9.97 Å². The Morgan fingerprint density at radius 2 is 1.22 bits per heavy atom. The van der Waals surface area contributed by atoms with E-state index in [0.717, 1.165) is 0 Å². The Morgan fingerprint density at radius 3 is 1.39 bits per heavy atom. The van der Waals surface area contributed by atoms with Crippen molar-refractivity contribution >= 4 is 11.9 Å². The molecule has 0 aliphatic rings. The van der Waals surface area contributed by atoms with Gasteiger partial charge in [0.25, 0.3) is 0 Å². The molecule has 0 aliphatic heterocycles. The average Bonchev–Trinajstić information content (AvgIpc) is 2.49. The fraction of sp³-hybridized carbons (Fsp3) is 0. The van der Waals surface area contributed by atoms with Crippen molar-refractivity contribution in [2.45, 2.75) is 0 Å². The molecule has 2 rings (SSSR count). The Hall–Kier alpha value is -2.82. The molecule has 122 valence electrons. The number of hydrogen-bond acceptors (Lipinski definition) is 8. The molecule has 0 spiro atoms. The first-order valence-electron chi connectivity index (χ1n) is 5.54. The molecule has 2 aromatic rings. The molecule has 0 aliphatic carbocycles. The zero-order valence-electron chi connectivity index (χ0n) is 11.2. The molecule has 11 heteroatoms. The van der Waals surface area contributed by atoms with Crippen molar-refractivity contribution < 1.29 is 54.3 Å². The van der Waals surface area contributed by atoms with Crippen LogP contribution >= 0.6 is 0 Å². The number of hydrogen-bond donors (Lipinski definition) is 4. The summed E-state index contributed by atoms with van der Waals surface area (Å²) in [6, 6.07) is 5.47. The van der Waals surface area contributed by atoms with Crippen LogP contribution in [-0.2, 0) is 20.3 Å². The number of carboxylic acids is 2. The van der Waals surface area contributed by atoms with Crippen molar-refractivity contribution in [2.24, 2.45) is 0 Å². The van der Waals surface area contributed by atoms with Crippen LogP contribution in [0.5, 0.6) is 11.5 Å². The maximum absolute atomic E-state index is 10.2. The first-order valence-corrected chi connectivity index (χ1v) is 6.68. The Morgan fingerprint density at radius 1 is 0.913 bits per heavy atom. The third-order valence-corrected chi connectivity index (χ3v) is 1.98. The van der Waals surface area contributed by atoms with Crippen LogP contribution < -0.4 is 4.03 Å². The van der Waals surface area contributed by atoms with Crippen molar-refractivity contribution in [1.29, 1.82) is 0 Å². The number of pyridine rings is 2. The Bertz CT molecular complexity index is 624. The van der Waals surface area contributed by atoms with Crippen LogP contribution in [0.3, 0.4) is 0 Å². The van der Waals surface area contributed by atoms with Gasteiger partial charge in [0.15, 0.2) is 11.4 Å². The van der Waals surface area contributed by atoms with Gasteiger partial charge in [-0.25, -0.2) is 19.6 Å². The summed E-state index contributed by atoms with van der Waals surface area (Å²) in [5.74, 6) is -3.07. The average molecular weight is 361 g/mol. The van der Waals surface area contributed by atoms with Crippen LogP contribution in [0.15, 0.2) is 36.7 Å². The first kappa shape index (κ1) is 20.2. The van der Waals surface area contributed by atoms with Gasteiger partial charge in [-0.2, -0.15) is 0 Å².